The molecular weight excluding hydrogens is 353 g/mol. The number of amides is 1. The maximum atomic E-state index is 14.7. The molecule has 5 rings (SSSR count). The SMILES string of the molecule is Cc1ccc([C@]23C[C@H]2CN(C(=O)c2ccc(-c4cncnc4)cc2F)C3)cc1. The Labute approximate surface area is 163 Å². The maximum absolute atomic E-state index is 14.7. The van der Waals surface area contributed by atoms with Crippen molar-refractivity contribution in [3.05, 3.63) is 83.7 Å². The molecule has 0 N–H and O–H groups in total. The number of carbonyl (C=O) groups is 1. The van der Waals surface area contributed by atoms with Crippen LogP contribution in [0, 0.1) is 18.7 Å². The zero-order valence-corrected chi connectivity index (χ0v) is 15.6. The lowest BCUT2D eigenvalue weighted by Crippen LogP contribution is -2.33. The molecule has 140 valence electrons. The summed E-state index contributed by atoms with van der Waals surface area (Å²) in [4.78, 5) is 22.7. The molecule has 2 atom stereocenters. The van der Waals surface area contributed by atoms with Crippen LogP contribution in [0.25, 0.3) is 11.1 Å². The molecule has 4 nitrogen and oxygen atoms in total. The van der Waals surface area contributed by atoms with Gasteiger partial charge in [-0.3, -0.25) is 4.79 Å². The van der Waals surface area contributed by atoms with Crippen molar-refractivity contribution in [1.29, 1.82) is 0 Å². The molecule has 28 heavy (non-hydrogen) atoms. The van der Waals surface area contributed by atoms with Crippen LogP contribution in [-0.4, -0.2) is 33.9 Å². The quantitative estimate of drug-likeness (QED) is 0.697. The van der Waals surface area contributed by atoms with Crippen LogP contribution < -0.4 is 0 Å². The largest absolute Gasteiger partial charge is 0.337 e. The summed E-state index contributed by atoms with van der Waals surface area (Å²) in [6, 6.07) is 13.3. The number of halogens is 1. The third kappa shape index (κ3) is 2.70. The van der Waals surface area contributed by atoms with E-state index < -0.39 is 5.82 Å². The fraction of sp³-hybridized carbons (Fsp3) is 0.261. The maximum Gasteiger partial charge on any atom is 0.256 e. The van der Waals surface area contributed by atoms with Gasteiger partial charge in [0.15, 0.2) is 0 Å². The van der Waals surface area contributed by atoms with E-state index in [4.69, 9.17) is 0 Å². The highest BCUT2D eigenvalue weighted by molar-refractivity contribution is 5.95. The summed E-state index contributed by atoms with van der Waals surface area (Å²) in [6.45, 7) is 3.43. The lowest BCUT2D eigenvalue weighted by molar-refractivity contribution is 0.0767. The van der Waals surface area contributed by atoms with Gasteiger partial charge in [-0.05, 0) is 42.5 Å². The van der Waals surface area contributed by atoms with E-state index in [9.17, 15) is 9.18 Å². The second kappa shape index (κ2) is 6.23. The van der Waals surface area contributed by atoms with Crippen molar-refractivity contribution in [2.45, 2.75) is 18.8 Å². The van der Waals surface area contributed by atoms with Gasteiger partial charge in [-0.25, -0.2) is 14.4 Å². The minimum atomic E-state index is -0.503. The third-order valence-corrected chi connectivity index (χ3v) is 6.15. The Morgan fingerprint density at radius 3 is 2.57 bits per heavy atom. The smallest absolute Gasteiger partial charge is 0.256 e. The zero-order valence-electron chi connectivity index (χ0n) is 15.6. The van der Waals surface area contributed by atoms with E-state index in [1.54, 1.807) is 29.4 Å². The van der Waals surface area contributed by atoms with Crippen molar-refractivity contribution in [1.82, 2.24) is 14.9 Å². The molecule has 3 aromatic rings. The van der Waals surface area contributed by atoms with Gasteiger partial charge in [0.25, 0.3) is 5.91 Å². The first kappa shape index (κ1) is 17.0. The van der Waals surface area contributed by atoms with Gasteiger partial charge in [-0.1, -0.05) is 35.9 Å². The van der Waals surface area contributed by atoms with E-state index in [0.717, 1.165) is 12.0 Å². The monoisotopic (exact) mass is 373 g/mol. The molecule has 1 aliphatic carbocycles. The van der Waals surface area contributed by atoms with Crippen molar-refractivity contribution >= 4 is 5.91 Å². The molecule has 1 saturated carbocycles. The van der Waals surface area contributed by atoms with E-state index in [0.29, 0.717) is 24.6 Å². The van der Waals surface area contributed by atoms with E-state index in [1.165, 1.54) is 23.5 Å². The molecule has 1 amide bonds. The number of benzene rings is 2. The van der Waals surface area contributed by atoms with E-state index >= 15 is 0 Å². The summed E-state index contributed by atoms with van der Waals surface area (Å²) in [5.74, 6) is -0.258. The normalized spacial score (nSPS) is 22.8. The van der Waals surface area contributed by atoms with E-state index in [1.807, 2.05) is 0 Å². The second-order valence-corrected chi connectivity index (χ2v) is 7.93. The number of carbonyl (C=O) groups excluding carboxylic acids is 1. The summed E-state index contributed by atoms with van der Waals surface area (Å²) < 4.78 is 14.7. The molecule has 2 aliphatic rings. The number of hydrogen-bond donors (Lipinski definition) is 0. The van der Waals surface area contributed by atoms with Gasteiger partial charge in [-0.15, -0.1) is 0 Å². The Morgan fingerprint density at radius 1 is 1.11 bits per heavy atom. The molecule has 1 saturated heterocycles. The van der Waals surface area contributed by atoms with Gasteiger partial charge >= 0.3 is 0 Å². The van der Waals surface area contributed by atoms with E-state index in [-0.39, 0.29) is 16.9 Å². The average Bonchev–Trinajstić information content (AvgIpc) is 3.29. The first-order valence-electron chi connectivity index (χ1n) is 9.48. The number of hydrogen-bond acceptors (Lipinski definition) is 3. The molecule has 1 aromatic heterocycles. The predicted molar refractivity (Wildman–Crippen MR) is 104 cm³/mol. The Morgan fingerprint density at radius 2 is 1.86 bits per heavy atom. The minimum absolute atomic E-state index is 0.0567. The molecule has 5 heteroatoms. The zero-order chi connectivity index (χ0) is 19.3. The molecule has 2 aromatic carbocycles. The van der Waals surface area contributed by atoms with Crippen molar-refractivity contribution < 1.29 is 9.18 Å². The molecule has 0 spiro atoms. The van der Waals surface area contributed by atoms with E-state index in [2.05, 4.69) is 41.2 Å². The van der Waals surface area contributed by atoms with Crippen molar-refractivity contribution in [3.8, 4) is 11.1 Å². The summed E-state index contributed by atoms with van der Waals surface area (Å²) in [5.41, 5.74) is 4.09. The van der Waals surface area contributed by atoms with Crippen LogP contribution in [-0.2, 0) is 5.41 Å². The fourth-order valence-corrected chi connectivity index (χ4v) is 4.46. The molecule has 1 aliphatic heterocycles. The number of aryl methyl sites for hydroxylation is 1. The Balaban J connectivity index is 1.37. The summed E-state index contributed by atoms with van der Waals surface area (Å²) >= 11 is 0. The van der Waals surface area contributed by atoms with Gasteiger partial charge in [0.1, 0.15) is 12.1 Å². The van der Waals surface area contributed by atoms with Crippen LogP contribution in [0.4, 0.5) is 4.39 Å². The first-order valence-corrected chi connectivity index (χ1v) is 9.48. The molecule has 2 fully saturated rings. The van der Waals surface area contributed by atoms with Gasteiger partial charge in [0.05, 0.1) is 5.56 Å². The average molecular weight is 373 g/mol. The number of nitrogens with zero attached hydrogens (tertiary/aromatic N) is 3. The number of likely N-dealkylation sites (tertiary alicyclic amines) is 1. The highest BCUT2D eigenvalue weighted by Crippen LogP contribution is 2.59. The number of aromatic nitrogens is 2. The number of piperidine rings is 1. The number of rotatable bonds is 3. The lowest BCUT2D eigenvalue weighted by Gasteiger charge is -2.22. The van der Waals surface area contributed by atoms with Crippen molar-refractivity contribution in [3.63, 3.8) is 0 Å². The molecular formula is C23H20FN3O. The van der Waals surface area contributed by atoms with Gasteiger partial charge in [0.2, 0.25) is 0 Å². The highest BCUT2D eigenvalue weighted by Gasteiger charge is 2.61. The molecule has 0 bridgehead atoms. The molecule has 0 unspecified atom stereocenters. The Bertz CT molecular complexity index is 1050. The minimum Gasteiger partial charge on any atom is -0.337 e. The highest BCUT2D eigenvalue weighted by atomic mass is 19.1. The van der Waals surface area contributed by atoms with Crippen LogP contribution in [0.5, 0.6) is 0 Å². The van der Waals surface area contributed by atoms with Crippen LogP contribution in [0.15, 0.2) is 61.2 Å². The van der Waals surface area contributed by atoms with Crippen LogP contribution in [0.3, 0.4) is 0 Å². The topological polar surface area (TPSA) is 46.1 Å². The standard InChI is InChI=1S/C23H20FN3O/c1-15-2-5-18(6-3-15)23-9-19(23)12-27(13-23)22(28)20-7-4-16(8-21(20)24)17-10-25-14-26-11-17/h2-8,10-11,14,19H,9,12-13H2,1H3/t19-,23+/m0/s1. The van der Waals surface area contributed by atoms with Crippen LogP contribution >= 0.6 is 0 Å². The summed E-state index contributed by atoms with van der Waals surface area (Å²) in [6.07, 6.45) is 5.79. The molecule has 2 heterocycles. The second-order valence-electron chi connectivity index (χ2n) is 7.93. The Kier molecular flexibility index (Phi) is 3.79. The van der Waals surface area contributed by atoms with Crippen LogP contribution in [0.2, 0.25) is 0 Å². The van der Waals surface area contributed by atoms with Crippen LogP contribution in [0.1, 0.15) is 27.9 Å². The first-order chi connectivity index (χ1) is 13.6. The lowest BCUT2D eigenvalue weighted by atomic mass is 9.94. The predicted octanol–water partition coefficient (Wildman–Crippen LogP) is 4.00. The Hall–Kier alpha value is -3.08. The summed E-state index contributed by atoms with van der Waals surface area (Å²) in [7, 11) is 0. The third-order valence-electron chi connectivity index (χ3n) is 6.15. The number of fused-ring (bicyclic) bond motifs is 1. The van der Waals surface area contributed by atoms with Gasteiger partial charge in [0, 0.05) is 36.5 Å². The van der Waals surface area contributed by atoms with Crippen molar-refractivity contribution in [2.24, 2.45) is 5.92 Å². The fourth-order valence-electron chi connectivity index (χ4n) is 4.46. The van der Waals surface area contributed by atoms with Crippen molar-refractivity contribution in [2.75, 3.05) is 13.1 Å². The summed E-state index contributed by atoms with van der Waals surface area (Å²) in [5, 5.41) is 0. The van der Waals surface area contributed by atoms with Gasteiger partial charge < -0.3 is 4.90 Å². The molecule has 0 radical (unpaired) electrons. The van der Waals surface area contributed by atoms with Gasteiger partial charge in [-0.2, -0.15) is 0 Å².